The Morgan fingerprint density at radius 1 is 0.400 bits per heavy atom. The van der Waals surface area contributed by atoms with Crippen LogP contribution in [-0.2, 0) is 5.41 Å². The molecule has 0 amide bonds. The standard InChI is InChI=1S/C48H32N2/c1-49(32-26-28-47-40(29-32)39-19-7-11-23-46(39)50(47)45-24-12-14-31-13-2-3-15-34(31)45)33-25-27-38-37-18-6-10-22-43(37)48(44(38)30-33)41-20-8-4-16-35(41)36-17-5-9-21-42(36)48/h2-30H,1H3. The molecule has 0 unspecified atom stereocenters. The van der Waals surface area contributed by atoms with Crippen LogP contribution in [0.3, 0.4) is 0 Å². The fourth-order valence-corrected chi connectivity index (χ4v) is 9.27. The number of hydrogen-bond acceptors (Lipinski definition) is 1. The summed E-state index contributed by atoms with van der Waals surface area (Å²) in [5.41, 5.74) is 16.4. The Labute approximate surface area is 291 Å². The number of para-hydroxylation sites is 1. The molecule has 0 N–H and O–H groups in total. The Balaban J connectivity index is 1.10. The van der Waals surface area contributed by atoms with E-state index in [-0.39, 0.29) is 5.41 Å². The summed E-state index contributed by atoms with van der Waals surface area (Å²) in [6, 6.07) is 65.2. The van der Waals surface area contributed by atoms with Gasteiger partial charge in [-0.2, -0.15) is 0 Å². The molecule has 1 aromatic heterocycles. The number of hydrogen-bond donors (Lipinski definition) is 0. The first-order valence-corrected chi connectivity index (χ1v) is 17.4. The van der Waals surface area contributed by atoms with Crippen LogP contribution in [0, 0.1) is 0 Å². The van der Waals surface area contributed by atoms with Crippen molar-refractivity contribution < 1.29 is 0 Å². The van der Waals surface area contributed by atoms with Crippen molar-refractivity contribution in [2.45, 2.75) is 5.41 Å². The van der Waals surface area contributed by atoms with Crippen molar-refractivity contribution in [3.63, 3.8) is 0 Å². The highest BCUT2D eigenvalue weighted by molar-refractivity contribution is 6.11. The summed E-state index contributed by atoms with van der Waals surface area (Å²) < 4.78 is 2.43. The average Bonchev–Trinajstić information content (AvgIpc) is 3.79. The first kappa shape index (κ1) is 27.6. The van der Waals surface area contributed by atoms with Gasteiger partial charge < -0.3 is 9.47 Å². The van der Waals surface area contributed by atoms with E-state index in [2.05, 4.69) is 192 Å². The Bertz CT molecular complexity index is 2790. The number of anilines is 2. The van der Waals surface area contributed by atoms with Crippen LogP contribution >= 0.6 is 0 Å². The van der Waals surface area contributed by atoms with Gasteiger partial charge in [0.25, 0.3) is 0 Å². The molecule has 0 fully saturated rings. The van der Waals surface area contributed by atoms with Gasteiger partial charge in [-0.1, -0.05) is 133 Å². The zero-order valence-electron chi connectivity index (χ0n) is 27.6. The van der Waals surface area contributed by atoms with Crippen molar-refractivity contribution in [1.82, 2.24) is 4.57 Å². The van der Waals surface area contributed by atoms with E-state index in [1.807, 2.05) is 0 Å². The van der Waals surface area contributed by atoms with E-state index in [0.717, 1.165) is 5.69 Å². The maximum atomic E-state index is 2.46. The lowest BCUT2D eigenvalue weighted by molar-refractivity contribution is 0.793. The number of fused-ring (bicyclic) bond motifs is 14. The van der Waals surface area contributed by atoms with Crippen molar-refractivity contribution in [2.75, 3.05) is 11.9 Å². The predicted octanol–water partition coefficient (Wildman–Crippen LogP) is 12.0. The molecule has 0 atom stereocenters. The maximum absolute atomic E-state index is 2.46. The van der Waals surface area contributed by atoms with Crippen LogP contribution in [0.5, 0.6) is 0 Å². The van der Waals surface area contributed by atoms with Crippen LogP contribution < -0.4 is 4.90 Å². The van der Waals surface area contributed by atoms with Crippen molar-refractivity contribution in [3.8, 4) is 27.9 Å². The summed E-state index contributed by atoms with van der Waals surface area (Å²) in [6.45, 7) is 0. The van der Waals surface area contributed by atoms with Gasteiger partial charge in [0.1, 0.15) is 0 Å². The van der Waals surface area contributed by atoms with Crippen molar-refractivity contribution >= 4 is 44.0 Å². The van der Waals surface area contributed by atoms with Crippen molar-refractivity contribution in [1.29, 1.82) is 0 Å². The van der Waals surface area contributed by atoms with E-state index in [1.165, 1.54) is 88.5 Å². The molecule has 1 heterocycles. The third-order valence-electron chi connectivity index (χ3n) is 11.4. The molecule has 0 saturated heterocycles. The van der Waals surface area contributed by atoms with Crippen molar-refractivity contribution in [3.05, 3.63) is 198 Å². The fraction of sp³-hybridized carbons (Fsp3) is 0.0417. The van der Waals surface area contributed by atoms with Gasteiger partial charge >= 0.3 is 0 Å². The molecule has 0 aliphatic heterocycles. The lowest BCUT2D eigenvalue weighted by Crippen LogP contribution is -2.26. The number of benzene rings is 8. The minimum Gasteiger partial charge on any atom is -0.345 e. The zero-order chi connectivity index (χ0) is 33.0. The summed E-state index contributed by atoms with van der Waals surface area (Å²) in [4.78, 5) is 2.35. The van der Waals surface area contributed by atoms with E-state index in [9.17, 15) is 0 Å². The fourth-order valence-electron chi connectivity index (χ4n) is 9.27. The first-order chi connectivity index (χ1) is 24.7. The molecule has 11 rings (SSSR count). The van der Waals surface area contributed by atoms with Gasteiger partial charge in [0.2, 0.25) is 0 Å². The van der Waals surface area contributed by atoms with Gasteiger partial charge in [-0.15, -0.1) is 0 Å². The Hall–Kier alpha value is -6.38. The molecule has 0 saturated carbocycles. The summed E-state index contributed by atoms with van der Waals surface area (Å²) >= 11 is 0. The normalized spacial score (nSPS) is 13.5. The first-order valence-electron chi connectivity index (χ1n) is 17.4. The van der Waals surface area contributed by atoms with Gasteiger partial charge in [0.15, 0.2) is 0 Å². The number of aromatic nitrogens is 1. The SMILES string of the molecule is CN(c1ccc2c(c1)C1(c3ccccc3-c3ccccc31)c1ccccc1-2)c1ccc2c(c1)c1ccccc1n2-c1cccc2ccccc12. The second-order valence-electron chi connectivity index (χ2n) is 13.7. The average molecular weight is 637 g/mol. The minimum absolute atomic E-state index is 0.355. The summed E-state index contributed by atoms with van der Waals surface area (Å²) in [7, 11) is 2.21. The van der Waals surface area contributed by atoms with E-state index < -0.39 is 0 Å². The number of nitrogens with zero attached hydrogens (tertiary/aromatic N) is 2. The Morgan fingerprint density at radius 3 is 1.64 bits per heavy atom. The van der Waals surface area contributed by atoms with E-state index in [0.29, 0.717) is 0 Å². The van der Waals surface area contributed by atoms with Crippen LogP contribution in [0.1, 0.15) is 22.3 Å². The molecule has 2 nitrogen and oxygen atoms in total. The topological polar surface area (TPSA) is 8.17 Å². The molecule has 2 heteroatoms. The lowest BCUT2D eigenvalue weighted by Gasteiger charge is -2.31. The molecule has 0 bridgehead atoms. The third-order valence-corrected chi connectivity index (χ3v) is 11.4. The molecule has 2 aliphatic carbocycles. The quantitative estimate of drug-likeness (QED) is 0.187. The summed E-state index contributed by atoms with van der Waals surface area (Å²) in [5.74, 6) is 0. The van der Waals surface area contributed by atoms with Crippen LogP contribution in [0.15, 0.2) is 176 Å². The molecular formula is C48H32N2. The Morgan fingerprint density at radius 2 is 0.920 bits per heavy atom. The van der Waals surface area contributed by atoms with Crippen molar-refractivity contribution in [2.24, 2.45) is 0 Å². The van der Waals surface area contributed by atoms with Gasteiger partial charge in [0.05, 0.1) is 22.1 Å². The lowest BCUT2D eigenvalue weighted by atomic mass is 9.70. The summed E-state index contributed by atoms with van der Waals surface area (Å²) in [5, 5.41) is 5.01. The second-order valence-corrected chi connectivity index (χ2v) is 13.7. The maximum Gasteiger partial charge on any atom is 0.0726 e. The minimum atomic E-state index is -0.355. The largest absolute Gasteiger partial charge is 0.345 e. The molecule has 50 heavy (non-hydrogen) atoms. The van der Waals surface area contributed by atoms with E-state index >= 15 is 0 Å². The van der Waals surface area contributed by atoms with Gasteiger partial charge in [-0.3, -0.25) is 0 Å². The molecule has 9 aromatic rings. The van der Waals surface area contributed by atoms with Crippen LogP contribution in [0.25, 0.3) is 60.5 Å². The monoisotopic (exact) mass is 636 g/mol. The molecule has 1 spiro atoms. The molecule has 234 valence electrons. The van der Waals surface area contributed by atoms with Crippen LogP contribution in [0.4, 0.5) is 11.4 Å². The highest BCUT2D eigenvalue weighted by atomic mass is 15.1. The number of rotatable bonds is 3. The van der Waals surface area contributed by atoms with Gasteiger partial charge in [-0.25, -0.2) is 0 Å². The Kier molecular flexibility index (Phi) is 5.55. The van der Waals surface area contributed by atoms with Crippen LogP contribution in [0.2, 0.25) is 0 Å². The zero-order valence-corrected chi connectivity index (χ0v) is 27.6. The molecule has 8 aromatic carbocycles. The molecule has 0 radical (unpaired) electrons. The van der Waals surface area contributed by atoms with E-state index in [1.54, 1.807) is 0 Å². The smallest absolute Gasteiger partial charge is 0.0726 e. The summed E-state index contributed by atoms with van der Waals surface area (Å²) in [6.07, 6.45) is 0. The van der Waals surface area contributed by atoms with Crippen LogP contribution in [-0.4, -0.2) is 11.6 Å². The molecule has 2 aliphatic rings. The third kappa shape index (κ3) is 3.47. The predicted molar refractivity (Wildman–Crippen MR) is 209 cm³/mol. The second kappa shape index (κ2) is 10.1. The highest BCUT2D eigenvalue weighted by Gasteiger charge is 2.51. The van der Waals surface area contributed by atoms with Gasteiger partial charge in [0, 0.05) is 34.6 Å². The van der Waals surface area contributed by atoms with Gasteiger partial charge in [-0.05, 0) is 92.4 Å². The highest BCUT2D eigenvalue weighted by Crippen LogP contribution is 2.63. The molecular weight excluding hydrogens is 605 g/mol. The van der Waals surface area contributed by atoms with E-state index in [4.69, 9.17) is 0 Å².